The summed E-state index contributed by atoms with van der Waals surface area (Å²) in [4.78, 5) is 55.2. The van der Waals surface area contributed by atoms with Gasteiger partial charge < -0.3 is 20.5 Å². The van der Waals surface area contributed by atoms with E-state index in [1.807, 2.05) is 48.5 Å². The molecule has 0 aliphatic heterocycles. The Morgan fingerprint density at radius 1 is 0.706 bits per heavy atom. The number of halogens is 5. The number of esters is 2. The number of hydrogen-bond acceptors (Lipinski definition) is 9. The highest BCUT2D eigenvalue weighted by Crippen LogP contribution is 2.32. The first kappa shape index (κ1) is 40.0. The molecule has 6 rings (SSSR count). The molecule has 0 bridgehead atoms. The molecule has 268 valence electrons. The molecule has 2 aliphatic carbocycles. The number of carbonyl (C=O) groups excluding carboxylic acids is 4. The first-order valence-electron chi connectivity index (χ1n) is 15.6. The van der Waals surface area contributed by atoms with Gasteiger partial charge in [-0.2, -0.15) is 0 Å². The van der Waals surface area contributed by atoms with Crippen molar-refractivity contribution in [3.63, 3.8) is 0 Å². The molecule has 15 heteroatoms. The van der Waals surface area contributed by atoms with Gasteiger partial charge in [-0.05, 0) is 59.8 Å². The van der Waals surface area contributed by atoms with E-state index in [0.29, 0.717) is 37.3 Å². The Morgan fingerprint density at radius 2 is 1.12 bits per heavy atom. The highest BCUT2D eigenvalue weighted by atomic mass is 35.5. The van der Waals surface area contributed by atoms with Crippen LogP contribution >= 0.6 is 58.0 Å². The van der Waals surface area contributed by atoms with Crippen molar-refractivity contribution in [2.24, 2.45) is 5.73 Å². The van der Waals surface area contributed by atoms with Crippen molar-refractivity contribution in [2.45, 2.75) is 50.6 Å². The van der Waals surface area contributed by atoms with E-state index in [1.54, 1.807) is 13.8 Å². The molecule has 51 heavy (non-hydrogen) atoms. The number of nitrogens with two attached hydrogens (primary N) is 1. The van der Waals surface area contributed by atoms with E-state index in [1.165, 1.54) is 24.5 Å². The van der Waals surface area contributed by atoms with Crippen LogP contribution < -0.4 is 11.1 Å². The van der Waals surface area contributed by atoms with Crippen molar-refractivity contribution in [3.05, 3.63) is 127 Å². The molecule has 0 saturated carbocycles. The molecule has 0 fully saturated rings. The molecular weight excluding hydrogens is 762 g/mol. The third-order valence-electron chi connectivity index (χ3n) is 8.00. The fraction of sp³-hybridized carbons (Fsp3) is 0.278. The van der Waals surface area contributed by atoms with Crippen LogP contribution in [0.25, 0.3) is 0 Å². The molecule has 0 unspecified atom stereocenters. The Hall–Kier alpha value is -3.77. The Morgan fingerprint density at radius 3 is 1.55 bits per heavy atom. The third-order valence-corrected chi connectivity index (χ3v) is 9.22. The molecule has 2 heterocycles. The standard InChI is InChI=1S/C18H16Cl2N2O3.C12H15NO2.C6H2Cl3NO/c1-2-25-17(24)18(8-11-5-3-4-6-12(11)9-18)22-16(23)14-7-13(19)10-21-15(14)20;1-2-15-11(14)12(13)7-9-5-3-4-6-10(9)8-12;7-3-1-4(6(9)11)5(8)10-2-3/h3-7,10H,2,8-9H2,1H3,(H,22,23);3-6H,2,7-8,13H2,1H3;1-2H. The maximum Gasteiger partial charge on any atom is 0.332 e. The van der Waals surface area contributed by atoms with Crippen molar-refractivity contribution in [2.75, 3.05) is 13.2 Å². The van der Waals surface area contributed by atoms with Crippen LogP contribution in [0.3, 0.4) is 0 Å². The zero-order valence-electron chi connectivity index (χ0n) is 27.5. The van der Waals surface area contributed by atoms with Crippen LogP contribution in [0.1, 0.15) is 56.8 Å². The lowest BCUT2D eigenvalue weighted by atomic mass is 9.95. The summed E-state index contributed by atoms with van der Waals surface area (Å²) >= 11 is 28.1. The molecule has 0 saturated heterocycles. The summed E-state index contributed by atoms with van der Waals surface area (Å²) in [5.74, 6) is -1.27. The van der Waals surface area contributed by atoms with Crippen molar-refractivity contribution < 1.29 is 28.7 Å². The van der Waals surface area contributed by atoms with Crippen molar-refractivity contribution in [1.29, 1.82) is 0 Å². The Bertz CT molecular complexity index is 1890. The SMILES string of the molecule is CCOC(=O)C1(N)Cc2ccccc2C1.CCOC(=O)C1(NC(=O)c2cc(Cl)cnc2Cl)Cc2ccccc2C1.O=C(Cl)c1cc(Cl)cnc1Cl. The van der Waals surface area contributed by atoms with Crippen LogP contribution in [-0.2, 0) is 44.7 Å². The monoisotopic (exact) mass is 792 g/mol. The van der Waals surface area contributed by atoms with Gasteiger partial charge in [0, 0.05) is 38.1 Å². The minimum atomic E-state index is -1.16. The molecule has 0 atom stereocenters. The molecule has 2 aromatic heterocycles. The van der Waals surface area contributed by atoms with E-state index < -0.39 is 28.2 Å². The van der Waals surface area contributed by atoms with Crippen LogP contribution in [-0.4, -0.2) is 57.3 Å². The second kappa shape index (κ2) is 17.6. The number of nitrogens with one attached hydrogen (secondary N) is 1. The van der Waals surface area contributed by atoms with Gasteiger partial charge in [0.1, 0.15) is 21.4 Å². The fourth-order valence-electron chi connectivity index (χ4n) is 5.66. The maximum absolute atomic E-state index is 12.7. The van der Waals surface area contributed by atoms with Crippen LogP contribution in [0, 0.1) is 0 Å². The lowest BCUT2D eigenvalue weighted by Gasteiger charge is -2.28. The predicted octanol–water partition coefficient (Wildman–Crippen LogP) is 7.03. The number of ether oxygens (including phenoxy) is 2. The smallest absolute Gasteiger partial charge is 0.332 e. The van der Waals surface area contributed by atoms with Crippen LogP contribution in [0.2, 0.25) is 20.4 Å². The summed E-state index contributed by atoms with van der Waals surface area (Å²) in [6.07, 6.45) is 4.59. The van der Waals surface area contributed by atoms with E-state index in [2.05, 4.69) is 15.3 Å². The maximum atomic E-state index is 12.7. The minimum Gasteiger partial charge on any atom is -0.465 e. The minimum absolute atomic E-state index is 0.0245. The topological polar surface area (TPSA) is 151 Å². The Kier molecular flexibility index (Phi) is 13.8. The van der Waals surface area contributed by atoms with E-state index in [4.69, 9.17) is 73.2 Å². The van der Waals surface area contributed by atoms with Gasteiger partial charge in [0.05, 0.1) is 34.4 Å². The largest absolute Gasteiger partial charge is 0.465 e. The van der Waals surface area contributed by atoms with Gasteiger partial charge in [0.25, 0.3) is 11.1 Å². The van der Waals surface area contributed by atoms with Gasteiger partial charge in [-0.3, -0.25) is 14.4 Å². The van der Waals surface area contributed by atoms with Crippen LogP contribution in [0.4, 0.5) is 0 Å². The van der Waals surface area contributed by atoms with Gasteiger partial charge in [-0.15, -0.1) is 0 Å². The summed E-state index contributed by atoms with van der Waals surface area (Å²) in [6, 6.07) is 18.4. The number of amides is 1. The summed E-state index contributed by atoms with van der Waals surface area (Å²) in [5.41, 5.74) is 8.63. The van der Waals surface area contributed by atoms with Crippen LogP contribution in [0.15, 0.2) is 73.1 Å². The van der Waals surface area contributed by atoms with Gasteiger partial charge in [-0.1, -0.05) is 94.9 Å². The second-order valence-electron chi connectivity index (χ2n) is 11.6. The van der Waals surface area contributed by atoms with Crippen molar-refractivity contribution in [3.8, 4) is 0 Å². The van der Waals surface area contributed by atoms with Gasteiger partial charge in [0.15, 0.2) is 0 Å². The van der Waals surface area contributed by atoms with E-state index in [-0.39, 0.29) is 39.0 Å². The first-order chi connectivity index (χ1) is 24.2. The summed E-state index contributed by atoms with van der Waals surface area (Å²) in [5, 5.41) is 2.86. The molecule has 3 N–H and O–H groups in total. The normalized spacial score (nSPS) is 14.4. The van der Waals surface area contributed by atoms with Crippen molar-refractivity contribution >= 4 is 81.1 Å². The molecule has 10 nitrogen and oxygen atoms in total. The average molecular weight is 795 g/mol. The van der Waals surface area contributed by atoms with Crippen molar-refractivity contribution in [1.82, 2.24) is 15.3 Å². The zero-order valence-corrected chi connectivity index (χ0v) is 31.3. The predicted molar refractivity (Wildman–Crippen MR) is 197 cm³/mol. The Labute approximate surface area is 319 Å². The lowest BCUT2D eigenvalue weighted by molar-refractivity contribution is -0.150. The molecule has 0 radical (unpaired) electrons. The van der Waals surface area contributed by atoms with E-state index in [9.17, 15) is 19.2 Å². The second-order valence-corrected chi connectivity index (χ2v) is 13.6. The fourth-order valence-corrected chi connectivity index (χ4v) is 6.55. The number of pyridine rings is 2. The quantitative estimate of drug-likeness (QED) is 0.114. The number of fused-ring (bicyclic) bond motifs is 2. The molecule has 2 aliphatic rings. The molecule has 2 aromatic carbocycles. The number of aromatic nitrogens is 2. The van der Waals surface area contributed by atoms with Crippen LogP contribution in [0.5, 0.6) is 0 Å². The zero-order chi connectivity index (χ0) is 37.3. The van der Waals surface area contributed by atoms with Gasteiger partial charge >= 0.3 is 11.9 Å². The molecule has 4 aromatic rings. The molecular formula is C36H33Cl5N4O6. The number of carbonyl (C=O) groups is 4. The Balaban J connectivity index is 0.000000190. The first-order valence-corrected chi connectivity index (χ1v) is 17.5. The number of rotatable bonds is 7. The molecule has 1 amide bonds. The number of hydrogen-bond donors (Lipinski definition) is 2. The van der Waals surface area contributed by atoms with Gasteiger partial charge in [0.2, 0.25) is 0 Å². The highest BCUT2D eigenvalue weighted by Gasteiger charge is 2.47. The third kappa shape index (κ3) is 9.97. The number of benzene rings is 2. The highest BCUT2D eigenvalue weighted by molar-refractivity contribution is 6.68. The lowest BCUT2D eigenvalue weighted by Crippen LogP contribution is -2.56. The number of nitrogens with zero attached hydrogens (tertiary/aromatic N) is 2. The average Bonchev–Trinajstić information content (AvgIpc) is 3.66. The van der Waals surface area contributed by atoms with Gasteiger partial charge in [-0.25, -0.2) is 14.8 Å². The molecule has 0 spiro atoms. The summed E-state index contributed by atoms with van der Waals surface area (Å²) in [6.45, 7) is 4.14. The summed E-state index contributed by atoms with van der Waals surface area (Å²) in [7, 11) is 0. The van der Waals surface area contributed by atoms with E-state index in [0.717, 1.165) is 22.3 Å². The van der Waals surface area contributed by atoms with E-state index >= 15 is 0 Å². The summed E-state index contributed by atoms with van der Waals surface area (Å²) < 4.78 is 10.2.